The van der Waals surface area contributed by atoms with E-state index in [0.717, 1.165) is 37.0 Å². The zero-order valence-corrected chi connectivity index (χ0v) is 13.7. The molecule has 22 heavy (non-hydrogen) atoms. The van der Waals surface area contributed by atoms with Crippen LogP contribution in [0.1, 0.15) is 13.3 Å². The van der Waals surface area contributed by atoms with Gasteiger partial charge in [0.05, 0.1) is 20.3 Å². The van der Waals surface area contributed by atoms with Gasteiger partial charge in [-0.1, -0.05) is 6.07 Å². The van der Waals surface area contributed by atoms with Gasteiger partial charge in [-0.25, -0.2) is 0 Å². The van der Waals surface area contributed by atoms with Crippen molar-refractivity contribution in [3.8, 4) is 11.5 Å². The quantitative estimate of drug-likeness (QED) is 0.391. The Hall–Kier alpha value is -1.95. The molecule has 0 unspecified atom stereocenters. The molecule has 0 aliphatic heterocycles. The molecule has 1 aromatic rings. The average Bonchev–Trinajstić information content (AvgIpc) is 2.55. The fourth-order valence-corrected chi connectivity index (χ4v) is 1.75. The molecule has 0 heterocycles. The predicted molar refractivity (Wildman–Crippen MR) is 89.0 cm³/mol. The van der Waals surface area contributed by atoms with E-state index in [-0.39, 0.29) is 0 Å². The molecule has 0 bridgehead atoms. The molecule has 0 aliphatic rings. The van der Waals surface area contributed by atoms with E-state index in [2.05, 4.69) is 15.6 Å². The maximum absolute atomic E-state index is 5.68. The van der Waals surface area contributed by atoms with Gasteiger partial charge >= 0.3 is 0 Å². The minimum Gasteiger partial charge on any atom is -0.497 e. The summed E-state index contributed by atoms with van der Waals surface area (Å²) >= 11 is 0. The Balaban J connectivity index is 2.27. The molecule has 1 aromatic carbocycles. The average molecular weight is 309 g/mol. The first-order chi connectivity index (χ1) is 10.8. The highest BCUT2D eigenvalue weighted by Gasteiger charge is 1.98. The van der Waals surface area contributed by atoms with E-state index >= 15 is 0 Å². The number of rotatable bonds is 10. The van der Waals surface area contributed by atoms with Crippen LogP contribution in [0.3, 0.4) is 0 Å². The Morgan fingerprint density at radius 1 is 1.14 bits per heavy atom. The van der Waals surface area contributed by atoms with Crippen molar-refractivity contribution in [2.24, 2.45) is 4.99 Å². The summed E-state index contributed by atoms with van der Waals surface area (Å²) in [6.45, 7) is 5.59. The summed E-state index contributed by atoms with van der Waals surface area (Å²) < 4.78 is 15.8. The van der Waals surface area contributed by atoms with Crippen molar-refractivity contribution in [1.82, 2.24) is 10.6 Å². The summed E-state index contributed by atoms with van der Waals surface area (Å²) in [5.41, 5.74) is 0. The maximum Gasteiger partial charge on any atom is 0.191 e. The molecule has 6 nitrogen and oxygen atoms in total. The first-order valence-electron chi connectivity index (χ1n) is 7.58. The van der Waals surface area contributed by atoms with Gasteiger partial charge in [0.2, 0.25) is 0 Å². The lowest BCUT2D eigenvalue weighted by molar-refractivity contribution is 0.203. The van der Waals surface area contributed by atoms with Crippen molar-refractivity contribution < 1.29 is 14.2 Å². The number of hydrogen-bond donors (Lipinski definition) is 2. The van der Waals surface area contributed by atoms with Gasteiger partial charge in [0.15, 0.2) is 5.96 Å². The van der Waals surface area contributed by atoms with Crippen LogP contribution in [0.4, 0.5) is 0 Å². The summed E-state index contributed by atoms with van der Waals surface area (Å²) in [4.78, 5) is 4.48. The summed E-state index contributed by atoms with van der Waals surface area (Å²) in [5, 5.41) is 6.39. The normalized spacial score (nSPS) is 11.1. The van der Waals surface area contributed by atoms with Gasteiger partial charge in [-0.15, -0.1) is 0 Å². The molecule has 0 saturated heterocycles. The van der Waals surface area contributed by atoms with Crippen LogP contribution in [0.15, 0.2) is 29.3 Å². The third-order valence-corrected chi connectivity index (χ3v) is 2.83. The van der Waals surface area contributed by atoms with Gasteiger partial charge in [0.1, 0.15) is 11.5 Å². The standard InChI is InChI=1S/C16H27N3O3/c1-4-17-16(19-10-12-20-2)18-9-6-11-22-15-8-5-7-14(13-15)21-3/h5,7-8,13H,4,6,9-12H2,1-3H3,(H2,17,18,19). The number of benzene rings is 1. The van der Waals surface area contributed by atoms with E-state index in [9.17, 15) is 0 Å². The minimum absolute atomic E-state index is 0.619. The van der Waals surface area contributed by atoms with Crippen molar-refractivity contribution in [3.63, 3.8) is 0 Å². The molecule has 0 amide bonds. The van der Waals surface area contributed by atoms with Crippen LogP contribution in [0, 0.1) is 0 Å². The number of aliphatic imine (C=N–C) groups is 1. The molecule has 6 heteroatoms. The van der Waals surface area contributed by atoms with Crippen molar-refractivity contribution in [2.75, 3.05) is 47.1 Å². The monoisotopic (exact) mass is 309 g/mol. The van der Waals surface area contributed by atoms with E-state index < -0.39 is 0 Å². The van der Waals surface area contributed by atoms with Crippen molar-refractivity contribution in [1.29, 1.82) is 0 Å². The Bertz CT molecular complexity index is 438. The van der Waals surface area contributed by atoms with Gasteiger partial charge in [-0.2, -0.15) is 0 Å². The fourth-order valence-electron chi connectivity index (χ4n) is 1.75. The van der Waals surface area contributed by atoms with Gasteiger partial charge in [-0.05, 0) is 19.1 Å². The van der Waals surface area contributed by atoms with Crippen LogP contribution in [-0.4, -0.2) is 53.0 Å². The number of ether oxygens (including phenoxy) is 3. The first-order valence-corrected chi connectivity index (χ1v) is 7.58. The van der Waals surface area contributed by atoms with Gasteiger partial charge in [0.25, 0.3) is 0 Å². The van der Waals surface area contributed by atoms with Crippen LogP contribution >= 0.6 is 0 Å². The van der Waals surface area contributed by atoms with E-state index in [4.69, 9.17) is 14.2 Å². The largest absolute Gasteiger partial charge is 0.497 e. The summed E-state index contributed by atoms with van der Waals surface area (Å²) in [6, 6.07) is 7.60. The van der Waals surface area contributed by atoms with E-state index in [1.165, 1.54) is 0 Å². The smallest absolute Gasteiger partial charge is 0.191 e. The highest BCUT2D eigenvalue weighted by atomic mass is 16.5. The summed E-state index contributed by atoms with van der Waals surface area (Å²) in [5.74, 6) is 2.42. The first kappa shape index (κ1) is 18.1. The summed E-state index contributed by atoms with van der Waals surface area (Å²) in [6.07, 6.45) is 0.845. The molecule has 2 N–H and O–H groups in total. The molecular weight excluding hydrogens is 282 g/mol. The number of methoxy groups -OCH3 is 2. The van der Waals surface area contributed by atoms with Gasteiger partial charge < -0.3 is 24.8 Å². The zero-order chi connectivity index (χ0) is 16.0. The third-order valence-electron chi connectivity index (χ3n) is 2.83. The van der Waals surface area contributed by atoms with Crippen molar-refractivity contribution >= 4 is 5.96 Å². The highest BCUT2D eigenvalue weighted by molar-refractivity contribution is 5.79. The lowest BCUT2D eigenvalue weighted by atomic mass is 10.3. The predicted octanol–water partition coefficient (Wildman–Crippen LogP) is 1.67. The molecule has 0 aliphatic carbocycles. The van der Waals surface area contributed by atoms with Gasteiger partial charge in [0, 0.05) is 39.2 Å². The molecule has 0 radical (unpaired) electrons. The van der Waals surface area contributed by atoms with Crippen LogP contribution < -0.4 is 20.1 Å². The second-order valence-corrected chi connectivity index (χ2v) is 4.56. The Labute approximate surface area is 132 Å². The second-order valence-electron chi connectivity index (χ2n) is 4.56. The lowest BCUT2D eigenvalue weighted by Crippen LogP contribution is -2.39. The molecule has 0 fully saturated rings. The number of hydrogen-bond acceptors (Lipinski definition) is 4. The Morgan fingerprint density at radius 2 is 1.95 bits per heavy atom. The van der Waals surface area contributed by atoms with Crippen LogP contribution in [-0.2, 0) is 4.74 Å². The Kier molecular flexibility index (Phi) is 9.61. The third kappa shape index (κ3) is 7.73. The number of nitrogens with one attached hydrogen (secondary N) is 2. The molecule has 0 aromatic heterocycles. The van der Waals surface area contributed by atoms with Crippen molar-refractivity contribution in [3.05, 3.63) is 24.3 Å². The Morgan fingerprint density at radius 3 is 2.68 bits per heavy atom. The minimum atomic E-state index is 0.619. The molecule has 0 saturated carbocycles. The second kappa shape index (κ2) is 11.7. The van der Waals surface area contributed by atoms with Crippen LogP contribution in [0.25, 0.3) is 0 Å². The lowest BCUT2D eigenvalue weighted by Gasteiger charge is -2.11. The molecule has 124 valence electrons. The van der Waals surface area contributed by atoms with E-state index in [1.54, 1.807) is 14.2 Å². The molecule has 0 atom stereocenters. The van der Waals surface area contributed by atoms with Crippen LogP contribution in [0.2, 0.25) is 0 Å². The van der Waals surface area contributed by atoms with Gasteiger partial charge in [-0.3, -0.25) is 4.99 Å². The SMILES string of the molecule is CCNC(=NCCCOc1cccc(OC)c1)NCCOC. The van der Waals surface area contributed by atoms with Crippen LogP contribution in [0.5, 0.6) is 11.5 Å². The topological polar surface area (TPSA) is 64.1 Å². The van der Waals surface area contributed by atoms with Crippen molar-refractivity contribution in [2.45, 2.75) is 13.3 Å². The summed E-state index contributed by atoms with van der Waals surface area (Å²) in [7, 11) is 3.33. The number of nitrogens with zero attached hydrogens (tertiary/aromatic N) is 1. The van der Waals surface area contributed by atoms with E-state index in [1.807, 2.05) is 31.2 Å². The maximum atomic E-state index is 5.68. The molecule has 1 rings (SSSR count). The molecule has 0 spiro atoms. The fraction of sp³-hybridized carbons (Fsp3) is 0.562. The highest BCUT2D eigenvalue weighted by Crippen LogP contribution is 2.18. The number of guanidine groups is 1. The zero-order valence-electron chi connectivity index (χ0n) is 13.7. The molecular formula is C16H27N3O3. The van der Waals surface area contributed by atoms with E-state index in [0.29, 0.717) is 19.8 Å².